The van der Waals surface area contributed by atoms with Crippen LogP contribution in [0.3, 0.4) is 0 Å². The zero-order valence-corrected chi connectivity index (χ0v) is 16.9. The van der Waals surface area contributed by atoms with Crippen molar-refractivity contribution in [3.05, 3.63) is 35.5 Å². The van der Waals surface area contributed by atoms with Gasteiger partial charge in [0.2, 0.25) is 12.7 Å². The van der Waals surface area contributed by atoms with Crippen LogP contribution in [0.5, 0.6) is 11.5 Å². The van der Waals surface area contributed by atoms with E-state index in [1.54, 1.807) is 0 Å². The lowest BCUT2D eigenvalue weighted by atomic mass is 10.1. The molecule has 0 amide bonds. The van der Waals surface area contributed by atoms with Crippen molar-refractivity contribution >= 4 is 11.8 Å². The summed E-state index contributed by atoms with van der Waals surface area (Å²) in [5.41, 5.74) is 2.25. The van der Waals surface area contributed by atoms with Crippen molar-refractivity contribution < 1.29 is 9.47 Å². The Balaban J connectivity index is 1.36. The first-order valence-corrected chi connectivity index (χ1v) is 10.1. The molecule has 7 heteroatoms. The van der Waals surface area contributed by atoms with E-state index in [1.165, 1.54) is 5.56 Å². The molecule has 4 rings (SSSR count). The summed E-state index contributed by atoms with van der Waals surface area (Å²) in [5, 5.41) is 3.46. The Hall–Kier alpha value is -2.54. The third kappa shape index (κ3) is 4.30. The molecule has 1 unspecified atom stereocenters. The number of hydrogen-bond donors (Lipinski definition) is 1. The van der Waals surface area contributed by atoms with Gasteiger partial charge in [0.1, 0.15) is 5.82 Å². The molecule has 28 heavy (non-hydrogen) atoms. The lowest BCUT2D eigenvalue weighted by Gasteiger charge is -2.35. The number of nitrogens with zero attached hydrogens (tertiary/aromatic N) is 4. The smallest absolute Gasteiger partial charge is 0.231 e. The highest BCUT2D eigenvalue weighted by Crippen LogP contribution is 2.32. The molecule has 1 aromatic carbocycles. The maximum Gasteiger partial charge on any atom is 0.231 e. The summed E-state index contributed by atoms with van der Waals surface area (Å²) in [6.07, 6.45) is 1.07. The number of anilines is 2. The Bertz CT molecular complexity index is 820. The minimum atomic E-state index is 0.321. The number of aromatic nitrogens is 2. The van der Waals surface area contributed by atoms with E-state index in [2.05, 4.69) is 46.1 Å². The van der Waals surface area contributed by atoms with Crippen LogP contribution >= 0.6 is 0 Å². The first kappa shape index (κ1) is 18.8. The van der Waals surface area contributed by atoms with Gasteiger partial charge in [-0.05, 0) is 38.0 Å². The second-order valence-electron chi connectivity index (χ2n) is 7.60. The molecule has 0 saturated carbocycles. The number of rotatable bonds is 6. The lowest BCUT2D eigenvalue weighted by molar-refractivity contribution is 0.174. The molecule has 1 aromatic heterocycles. The van der Waals surface area contributed by atoms with Crippen molar-refractivity contribution in [1.29, 1.82) is 0 Å². The minimum absolute atomic E-state index is 0.321. The Morgan fingerprint density at radius 1 is 1.07 bits per heavy atom. The van der Waals surface area contributed by atoms with Gasteiger partial charge in [-0.1, -0.05) is 13.0 Å². The fourth-order valence-corrected chi connectivity index (χ4v) is 3.53. The van der Waals surface area contributed by atoms with Gasteiger partial charge >= 0.3 is 0 Å². The Morgan fingerprint density at radius 3 is 2.64 bits per heavy atom. The number of benzene rings is 1. The van der Waals surface area contributed by atoms with Gasteiger partial charge in [-0.3, -0.25) is 4.90 Å². The van der Waals surface area contributed by atoms with E-state index in [9.17, 15) is 0 Å². The van der Waals surface area contributed by atoms with Gasteiger partial charge in [0.05, 0.1) is 0 Å². The third-order valence-electron chi connectivity index (χ3n) is 5.35. The molecule has 1 fully saturated rings. The SMILES string of the molecule is CCC(C)Nc1cc(C)nc(N2CCN(Cc3ccc4c(c3)OCO4)CC2)n1. The number of fused-ring (bicyclic) bond motifs is 1. The van der Waals surface area contributed by atoms with Crippen molar-refractivity contribution in [3.63, 3.8) is 0 Å². The van der Waals surface area contributed by atoms with E-state index in [0.29, 0.717) is 12.8 Å². The number of hydrogen-bond acceptors (Lipinski definition) is 7. The van der Waals surface area contributed by atoms with Crippen LogP contribution in [0.25, 0.3) is 0 Å². The second-order valence-corrected chi connectivity index (χ2v) is 7.60. The summed E-state index contributed by atoms with van der Waals surface area (Å²) in [6, 6.07) is 8.63. The monoisotopic (exact) mass is 383 g/mol. The quantitative estimate of drug-likeness (QED) is 0.822. The molecule has 1 saturated heterocycles. The van der Waals surface area contributed by atoms with Gasteiger partial charge in [0, 0.05) is 50.5 Å². The zero-order valence-electron chi connectivity index (χ0n) is 16.9. The van der Waals surface area contributed by atoms with Gasteiger partial charge in [-0.25, -0.2) is 4.98 Å². The molecule has 1 N–H and O–H groups in total. The Kier molecular flexibility index (Phi) is 5.52. The van der Waals surface area contributed by atoms with Gasteiger partial charge in [0.25, 0.3) is 0 Å². The first-order chi connectivity index (χ1) is 13.6. The van der Waals surface area contributed by atoms with Crippen LogP contribution in [-0.4, -0.2) is 53.9 Å². The summed E-state index contributed by atoms with van der Waals surface area (Å²) >= 11 is 0. The first-order valence-electron chi connectivity index (χ1n) is 10.1. The van der Waals surface area contributed by atoms with Crippen LogP contribution in [-0.2, 0) is 6.54 Å². The summed E-state index contributed by atoms with van der Waals surface area (Å²) < 4.78 is 10.9. The van der Waals surface area contributed by atoms with E-state index in [0.717, 1.165) is 68.1 Å². The molecule has 0 bridgehead atoms. The van der Waals surface area contributed by atoms with E-state index < -0.39 is 0 Å². The van der Waals surface area contributed by atoms with Crippen molar-refractivity contribution in [1.82, 2.24) is 14.9 Å². The average molecular weight is 383 g/mol. The van der Waals surface area contributed by atoms with Crippen LogP contribution in [0.15, 0.2) is 24.3 Å². The van der Waals surface area contributed by atoms with Gasteiger partial charge in [0.15, 0.2) is 11.5 Å². The maximum absolute atomic E-state index is 5.49. The topological polar surface area (TPSA) is 62.8 Å². The molecular formula is C21H29N5O2. The number of aryl methyl sites for hydroxylation is 1. The predicted octanol–water partition coefficient (Wildman–Crippen LogP) is 3.05. The normalized spacial score (nSPS) is 17.6. The molecule has 1 atom stereocenters. The third-order valence-corrected chi connectivity index (χ3v) is 5.35. The molecule has 7 nitrogen and oxygen atoms in total. The van der Waals surface area contributed by atoms with Crippen molar-refractivity contribution in [2.45, 2.75) is 39.8 Å². The van der Waals surface area contributed by atoms with E-state index in [1.807, 2.05) is 19.1 Å². The molecule has 2 aromatic rings. The minimum Gasteiger partial charge on any atom is -0.454 e. The van der Waals surface area contributed by atoms with Crippen molar-refractivity contribution in [3.8, 4) is 11.5 Å². The fraction of sp³-hybridized carbons (Fsp3) is 0.524. The second kappa shape index (κ2) is 8.22. The predicted molar refractivity (Wildman–Crippen MR) is 110 cm³/mol. The van der Waals surface area contributed by atoms with E-state index >= 15 is 0 Å². The Morgan fingerprint density at radius 2 is 1.86 bits per heavy atom. The van der Waals surface area contributed by atoms with Crippen molar-refractivity contribution in [2.24, 2.45) is 0 Å². The van der Waals surface area contributed by atoms with Gasteiger partial charge in [-0.15, -0.1) is 0 Å². The van der Waals surface area contributed by atoms with Gasteiger partial charge < -0.3 is 19.7 Å². The Labute approximate surface area is 166 Å². The average Bonchev–Trinajstić information content (AvgIpc) is 3.16. The van der Waals surface area contributed by atoms with Crippen LogP contribution in [0.2, 0.25) is 0 Å². The van der Waals surface area contributed by atoms with E-state index in [4.69, 9.17) is 14.5 Å². The summed E-state index contributed by atoms with van der Waals surface area (Å²) in [5.74, 6) is 3.44. The zero-order chi connectivity index (χ0) is 19.5. The summed E-state index contributed by atoms with van der Waals surface area (Å²) in [4.78, 5) is 14.2. The number of ether oxygens (including phenoxy) is 2. The highest BCUT2D eigenvalue weighted by atomic mass is 16.7. The molecule has 0 aliphatic carbocycles. The molecule has 3 heterocycles. The van der Waals surface area contributed by atoms with Crippen LogP contribution in [0.4, 0.5) is 11.8 Å². The summed E-state index contributed by atoms with van der Waals surface area (Å²) in [6.45, 7) is 11.4. The lowest BCUT2D eigenvalue weighted by Crippen LogP contribution is -2.46. The van der Waals surface area contributed by atoms with Crippen LogP contribution in [0, 0.1) is 6.92 Å². The molecule has 0 spiro atoms. The largest absolute Gasteiger partial charge is 0.454 e. The van der Waals surface area contributed by atoms with Crippen LogP contribution in [0.1, 0.15) is 31.5 Å². The van der Waals surface area contributed by atoms with Crippen LogP contribution < -0.4 is 19.7 Å². The molecular weight excluding hydrogens is 354 g/mol. The molecule has 0 radical (unpaired) electrons. The standard InChI is InChI=1S/C21H29N5O2/c1-4-15(2)22-20-11-16(3)23-21(24-20)26-9-7-25(8-10-26)13-17-5-6-18-19(12-17)28-14-27-18/h5-6,11-12,15H,4,7-10,13-14H2,1-3H3,(H,22,23,24). The molecule has 2 aliphatic heterocycles. The summed E-state index contributed by atoms with van der Waals surface area (Å²) in [7, 11) is 0. The number of piperazine rings is 1. The van der Waals surface area contributed by atoms with Gasteiger partial charge in [-0.2, -0.15) is 4.98 Å². The molecule has 150 valence electrons. The van der Waals surface area contributed by atoms with Crippen molar-refractivity contribution in [2.75, 3.05) is 43.2 Å². The highest BCUT2D eigenvalue weighted by Gasteiger charge is 2.21. The van der Waals surface area contributed by atoms with E-state index in [-0.39, 0.29) is 0 Å². The highest BCUT2D eigenvalue weighted by molar-refractivity contribution is 5.45. The number of nitrogens with one attached hydrogen (secondary N) is 1. The fourth-order valence-electron chi connectivity index (χ4n) is 3.53. The maximum atomic E-state index is 5.49. The molecule has 2 aliphatic rings.